The molecule has 0 aliphatic carbocycles. The van der Waals surface area contributed by atoms with Gasteiger partial charge in [0.05, 0.1) is 31.7 Å². The molecule has 4 rings (SSSR count). The lowest BCUT2D eigenvalue weighted by Crippen LogP contribution is -2.42. The van der Waals surface area contributed by atoms with E-state index in [9.17, 15) is 14.7 Å². The maximum atomic E-state index is 13.0. The Balaban J connectivity index is 1.68. The van der Waals surface area contributed by atoms with Crippen molar-refractivity contribution in [1.82, 2.24) is 9.80 Å². The van der Waals surface area contributed by atoms with Gasteiger partial charge < -0.3 is 23.9 Å². The first-order chi connectivity index (χ1) is 15.1. The van der Waals surface area contributed by atoms with E-state index in [-0.39, 0.29) is 11.3 Å². The molecule has 2 aliphatic heterocycles. The van der Waals surface area contributed by atoms with Crippen molar-refractivity contribution in [3.8, 4) is 5.75 Å². The quantitative estimate of drug-likeness (QED) is 0.413. The molecule has 2 fully saturated rings. The van der Waals surface area contributed by atoms with Crippen LogP contribution >= 0.6 is 0 Å². The number of aliphatic hydroxyl groups is 1. The summed E-state index contributed by atoms with van der Waals surface area (Å²) in [4.78, 5) is 29.6. The number of ketones is 1. The van der Waals surface area contributed by atoms with Crippen LogP contribution in [0.5, 0.6) is 5.75 Å². The Hall–Kier alpha value is -3.10. The van der Waals surface area contributed by atoms with E-state index in [1.807, 2.05) is 6.92 Å². The molecule has 31 heavy (non-hydrogen) atoms. The number of benzene rings is 1. The normalized spacial score (nSPS) is 21.6. The van der Waals surface area contributed by atoms with Crippen LogP contribution in [0.15, 0.2) is 52.7 Å². The van der Waals surface area contributed by atoms with E-state index >= 15 is 0 Å². The van der Waals surface area contributed by atoms with Gasteiger partial charge in [0, 0.05) is 31.7 Å². The van der Waals surface area contributed by atoms with Crippen molar-refractivity contribution >= 4 is 17.4 Å². The van der Waals surface area contributed by atoms with Crippen molar-refractivity contribution in [1.29, 1.82) is 0 Å². The SMILES string of the molecule is CCOc1cccc(C(O)=C2C(=O)C(=O)N(CCN3CCOCC3)C2c2ccco2)c1. The Morgan fingerprint density at radius 2 is 1.97 bits per heavy atom. The van der Waals surface area contributed by atoms with Crippen LogP contribution in [0.25, 0.3) is 5.76 Å². The molecule has 2 saturated heterocycles. The molecular formula is C23H26N2O6. The van der Waals surface area contributed by atoms with Crippen LogP contribution in [0.3, 0.4) is 0 Å². The molecule has 1 amide bonds. The molecule has 0 radical (unpaired) electrons. The molecule has 8 nitrogen and oxygen atoms in total. The van der Waals surface area contributed by atoms with Gasteiger partial charge in [-0.25, -0.2) is 0 Å². The Bertz CT molecular complexity index is 962. The zero-order valence-corrected chi connectivity index (χ0v) is 17.5. The Morgan fingerprint density at radius 3 is 2.68 bits per heavy atom. The molecule has 164 valence electrons. The van der Waals surface area contributed by atoms with E-state index in [0.29, 0.717) is 50.0 Å². The first-order valence-electron chi connectivity index (χ1n) is 10.4. The minimum Gasteiger partial charge on any atom is -0.507 e. The number of aliphatic hydroxyl groups excluding tert-OH is 1. The Kier molecular flexibility index (Phi) is 6.39. The molecule has 2 aromatic rings. The van der Waals surface area contributed by atoms with E-state index in [4.69, 9.17) is 13.9 Å². The van der Waals surface area contributed by atoms with Gasteiger partial charge in [0.25, 0.3) is 11.7 Å². The van der Waals surface area contributed by atoms with Crippen molar-refractivity contribution in [2.24, 2.45) is 0 Å². The highest BCUT2D eigenvalue weighted by Crippen LogP contribution is 2.39. The maximum Gasteiger partial charge on any atom is 0.295 e. The molecule has 0 saturated carbocycles. The number of hydrogen-bond acceptors (Lipinski definition) is 7. The lowest BCUT2D eigenvalue weighted by atomic mass is 9.99. The van der Waals surface area contributed by atoms with Gasteiger partial charge >= 0.3 is 0 Å². The number of hydrogen-bond donors (Lipinski definition) is 1. The van der Waals surface area contributed by atoms with Gasteiger partial charge in [0.2, 0.25) is 0 Å². The summed E-state index contributed by atoms with van der Waals surface area (Å²) in [5, 5.41) is 11.1. The second-order valence-electron chi connectivity index (χ2n) is 7.42. The van der Waals surface area contributed by atoms with Gasteiger partial charge in [0.15, 0.2) is 0 Å². The minimum atomic E-state index is -0.785. The lowest BCUT2D eigenvalue weighted by molar-refractivity contribution is -0.140. The predicted octanol–water partition coefficient (Wildman–Crippen LogP) is 2.43. The average molecular weight is 426 g/mol. The fourth-order valence-corrected chi connectivity index (χ4v) is 3.98. The molecule has 0 bridgehead atoms. The Labute approximate surface area is 180 Å². The molecule has 1 aromatic heterocycles. The summed E-state index contributed by atoms with van der Waals surface area (Å²) in [6.45, 7) is 6.14. The topological polar surface area (TPSA) is 92.5 Å². The molecule has 2 aliphatic rings. The fraction of sp³-hybridized carbons (Fsp3) is 0.391. The highest BCUT2D eigenvalue weighted by Gasteiger charge is 2.47. The summed E-state index contributed by atoms with van der Waals surface area (Å²) >= 11 is 0. The first kappa shape index (κ1) is 21.1. The third-order valence-electron chi connectivity index (χ3n) is 5.53. The molecule has 1 N–H and O–H groups in total. The van der Waals surface area contributed by atoms with Gasteiger partial charge in [-0.2, -0.15) is 0 Å². The second kappa shape index (κ2) is 9.36. The van der Waals surface area contributed by atoms with E-state index in [0.717, 1.165) is 13.1 Å². The molecule has 0 spiro atoms. The zero-order chi connectivity index (χ0) is 21.8. The lowest BCUT2D eigenvalue weighted by Gasteiger charge is -2.30. The largest absolute Gasteiger partial charge is 0.507 e. The fourth-order valence-electron chi connectivity index (χ4n) is 3.98. The van der Waals surface area contributed by atoms with Crippen molar-refractivity contribution in [3.63, 3.8) is 0 Å². The molecule has 8 heteroatoms. The van der Waals surface area contributed by atoms with Gasteiger partial charge in [0.1, 0.15) is 23.3 Å². The van der Waals surface area contributed by atoms with Gasteiger partial charge in [-0.05, 0) is 31.2 Å². The van der Waals surface area contributed by atoms with Crippen LogP contribution in [0.4, 0.5) is 0 Å². The van der Waals surface area contributed by atoms with Gasteiger partial charge in [-0.1, -0.05) is 12.1 Å². The number of carbonyl (C=O) groups excluding carboxylic acids is 2. The zero-order valence-electron chi connectivity index (χ0n) is 17.5. The standard InChI is InChI=1S/C23H26N2O6/c1-2-30-17-6-3-5-16(15-17)21(26)19-20(18-7-4-12-31-18)25(23(28)22(19)27)9-8-24-10-13-29-14-11-24/h3-7,12,15,20,26H,2,8-11,13-14H2,1H3. The number of nitrogens with zero attached hydrogens (tertiary/aromatic N) is 2. The molecule has 1 atom stereocenters. The average Bonchev–Trinajstić information content (AvgIpc) is 3.40. The highest BCUT2D eigenvalue weighted by molar-refractivity contribution is 6.46. The number of morpholine rings is 1. The maximum absolute atomic E-state index is 13.0. The second-order valence-corrected chi connectivity index (χ2v) is 7.42. The van der Waals surface area contributed by atoms with Crippen LogP contribution < -0.4 is 4.74 Å². The third-order valence-corrected chi connectivity index (χ3v) is 5.53. The van der Waals surface area contributed by atoms with Crippen LogP contribution in [-0.4, -0.2) is 72.6 Å². The number of Topliss-reactive ketones (excluding diaryl/α,β-unsaturated/α-hetero) is 1. The number of rotatable bonds is 7. The monoisotopic (exact) mass is 426 g/mol. The van der Waals surface area contributed by atoms with E-state index < -0.39 is 17.7 Å². The summed E-state index contributed by atoms with van der Waals surface area (Å²) in [6, 6.07) is 9.46. The Morgan fingerprint density at radius 1 is 1.16 bits per heavy atom. The van der Waals surface area contributed by atoms with E-state index in [1.54, 1.807) is 36.4 Å². The predicted molar refractivity (Wildman–Crippen MR) is 113 cm³/mol. The van der Waals surface area contributed by atoms with Crippen LogP contribution in [-0.2, 0) is 14.3 Å². The van der Waals surface area contributed by atoms with Crippen molar-refractivity contribution in [2.45, 2.75) is 13.0 Å². The smallest absolute Gasteiger partial charge is 0.295 e. The number of amides is 1. The summed E-state index contributed by atoms with van der Waals surface area (Å²) in [5.74, 6) is -0.596. The number of furan rings is 1. The van der Waals surface area contributed by atoms with Gasteiger partial charge in [-0.15, -0.1) is 0 Å². The van der Waals surface area contributed by atoms with E-state index in [1.165, 1.54) is 11.2 Å². The summed E-state index contributed by atoms with van der Waals surface area (Å²) in [7, 11) is 0. The summed E-state index contributed by atoms with van der Waals surface area (Å²) in [6.07, 6.45) is 1.49. The van der Waals surface area contributed by atoms with Crippen LogP contribution in [0.1, 0.15) is 24.3 Å². The molecule has 3 heterocycles. The molecule has 1 aromatic carbocycles. The minimum absolute atomic E-state index is 0.0237. The van der Waals surface area contributed by atoms with Crippen molar-refractivity contribution < 1.29 is 28.6 Å². The highest BCUT2D eigenvalue weighted by atomic mass is 16.5. The van der Waals surface area contributed by atoms with Crippen LogP contribution in [0, 0.1) is 0 Å². The van der Waals surface area contributed by atoms with Gasteiger partial charge in [-0.3, -0.25) is 14.5 Å². The summed E-state index contributed by atoms with van der Waals surface area (Å²) in [5.41, 5.74) is 0.435. The number of carbonyl (C=O) groups is 2. The number of ether oxygens (including phenoxy) is 2. The number of likely N-dealkylation sites (tertiary alicyclic amines) is 1. The van der Waals surface area contributed by atoms with Crippen molar-refractivity contribution in [2.75, 3.05) is 46.0 Å². The van der Waals surface area contributed by atoms with Crippen molar-refractivity contribution in [3.05, 3.63) is 59.6 Å². The third kappa shape index (κ3) is 4.35. The summed E-state index contributed by atoms with van der Waals surface area (Å²) < 4.78 is 16.4. The van der Waals surface area contributed by atoms with Crippen LogP contribution in [0.2, 0.25) is 0 Å². The van der Waals surface area contributed by atoms with E-state index in [2.05, 4.69) is 4.90 Å². The first-order valence-corrected chi connectivity index (χ1v) is 10.4. The molecule has 1 unspecified atom stereocenters. The molecular weight excluding hydrogens is 400 g/mol.